The van der Waals surface area contributed by atoms with Crippen LogP contribution in [-0.2, 0) is 16.3 Å². The Bertz CT molecular complexity index is 407. The van der Waals surface area contributed by atoms with Crippen LogP contribution in [-0.4, -0.2) is 16.5 Å². The summed E-state index contributed by atoms with van der Waals surface area (Å²) in [6.07, 6.45) is 0.444. The van der Waals surface area contributed by atoms with Gasteiger partial charge < -0.3 is 5.32 Å². The first-order valence-corrected chi connectivity index (χ1v) is 6.43. The molecule has 0 radical (unpaired) electrons. The smallest absolute Gasteiger partial charge is 0.225 e. The van der Waals surface area contributed by atoms with Gasteiger partial charge in [0, 0.05) is 17.4 Å². The Balaban J connectivity index is 2.87. The molecule has 0 aliphatic rings. The van der Waals surface area contributed by atoms with Crippen molar-refractivity contribution in [3.05, 3.63) is 28.8 Å². The molecule has 0 unspecified atom stereocenters. The molecule has 0 spiro atoms. The molecule has 0 aliphatic carbocycles. The van der Waals surface area contributed by atoms with Crippen molar-refractivity contribution in [2.24, 2.45) is 0 Å². The first kappa shape index (κ1) is 14.2. The number of nitrogens with one attached hydrogen (secondary N) is 1. The lowest BCUT2D eigenvalue weighted by Crippen LogP contribution is -2.13. The van der Waals surface area contributed by atoms with E-state index in [0.717, 1.165) is 22.4 Å². The van der Waals surface area contributed by atoms with Crippen LogP contribution in [0.15, 0.2) is 12.1 Å². The van der Waals surface area contributed by atoms with Crippen molar-refractivity contribution in [1.29, 1.82) is 0 Å². The van der Waals surface area contributed by atoms with Crippen LogP contribution in [0.25, 0.3) is 0 Å². The predicted molar refractivity (Wildman–Crippen MR) is 70.4 cm³/mol. The minimum Gasteiger partial charge on any atom is -0.326 e. The second-order valence-corrected chi connectivity index (χ2v) is 4.65. The predicted octanol–water partition coefficient (Wildman–Crippen LogP) is 3.02. The zero-order valence-electron chi connectivity index (χ0n) is 9.92. The fourth-order valence-electron chi connectivity index (χ4n) is 1.53. The van der Waals surface area contributed by atoms with Crippen LogP contribution >= 0.6 is 15.9 Å². The van der Waals surface area contributed by atoms with Gasteiger partial charge in [-0.25, -0.2) is 4.89 Å². The first-order valence-electron chi connectivity index (χ1n) is 5.30. The summed E-state index contributed by atoms with van der Waals surface area (Å²) in [5.74, 6) is -0.0180. The second kappa shape index (κ2) is 6.74. The van der Waals surface area contributed by atoms with Gasteiger partial charge in [0.25, 0.3) is 0 Å². The third kappa shape index (κ3) is 4.11. The fourth-order valence-corrected chi connectivity index (χ4v) is 1.89. The van der Waals surface area contributed by atoms with Crippen molar-refractivity contribution in [3.8, 4) is 0 Å². The summed E-state index contributed by atoms with van der Waals surface area (Å²) in [5.41, 5.74) is 3.63. The standard InChI is InChI=1S/C12H16BrNO3/c1-8-6-11(14-12(15)3-4-13)9(2)5-10(8)7-17-16/h5-6,16H,3-4,7H2,1-2H3,(H,14,15). The van der Waals surface area contributed by atoms with Gasteiger partial charge >= 0.3 is 0 Å². The lowest BCUT2D eigenvalue weighted by atomic mass is 10.0. The molecule has 0 aliphatic heterocycles. The van der Waals surface area contributed by atoms with Gasteiger partial charge in [-0.1, -0.05) is 22.0 Å². The van der Waals surface area contributed by atoms with Gasteiger partial charge in [-0.3, -0.25) is 10.1 Å². The molecular weight excluding hydrogens is 286 g/mol. The van der Waals surface area contributed by atoms with Gasteiger partial charge in [-0.2, -0.15) is 0 Å². The summed E-state index contributed by atoms with van der Waals surface area (Å²) in [4.78, 5) is 15.6. The minimum atomic E-state index is -0.0180. The lowest BCUT2D eigenvalue weighted by Gasteiger charge is -2.12. The van der Waals surface area contributed by atoms with E-state index in [9.17, 15) is 4.79 Å². The van der Waals surface area contributed by atoms with Gasteiger partial charge in [-0.15, -0.1) is 0 Å². The third-order valence-corrected chi connectivity index (χ3v) is 2.90. The quantitative estimate of drug-likeness (QED) is 0.499. The van der Waals surface area contributed by atoms with E-state index in [0.29, 0.717) is 11.8 Å². The van der Waals surface area contributed by atoms with E-state index in [2.05, 4.69) is 26.1 Å². The van der Waals surface area contributed by atoms with Gasteiger partial charge in [-0.05, 0) is 36.6 Å². The average Bonchev–Trinajstić information content (AvgIpc) is 2.26. The number of anilines is 1. The number of benzene rings is 1. The van der Waals surface area contributed by atoms with Crippen molar-refractivity contribution in [1.82, 2.24) is 0 Å². The second-order valence-electron chi connectivity index (χ2n) is 3.85. The zero-order chi connectivity index (χ0) is 12.8. The van der Waals surface area contributed by atoms with E-state index < -0.39 is 0 Å². The van der Waals surface area contributed by atoms with E-state index >= 15 is 0 Å². The average molecular weight is 302 g/mol. The molecule has 1 amide bonds. The number of aryl methyl sites for hydroxylation is 2. The first-order chi connectivity index (χ1) is 8.08. The molecule has 5 heteroatoms. The summed E-state index contributed by atoms with van der Waals surface area (Å²) in [7, 11) is 0. The Morgan fingerprint density at radius 2 is 2.12 bits per heavy atom. The maximum absolute atomic E-state index is 11.5. The fraction of sp³-hybridized carbons (Fsp3) is 0.417. The third-order valence-electron chi connectivity index (χ3n) is 2.50. The normalized spacial score (nSPS) is 10.4. The highest BCUT2D eigenvalue weighted by Gasteiger charge is 2.07. The summed E-state index contributed by atoms with van der Waals surface area (Å²) < 4.78 is 0. The summed E-state index contributed by atoms with van der Waals surface area (Å²) in [6, 6.07) is 3.78. The Morgan fingerprint density at radius 1 is 1.41 bits per heavy atom. The molecule has 0 saturated heterocycles. The zero-order valence-corrected chi connectivity index (χ0v) is 11.5. The van der Waals surface area contributed by atoms with Crippen molar-refractivity contribution < 1.29 is 14.9 Å². The van der Waals surface area contributed by atoms with Crippen molar-refractivity contribution >= 4 is 27.5 Å². The molecule has 0 atom stereocenters. The molecule has 0 heterocycles. The van der Waals surface area contributed by atoms with Crippen LogP contribution in [0.2, 0.25) is 0 Å². The summed E-state index contributed by atoms with van der Waals surface area (Å²) in [5, 5.41) is 11.9. The number of rotatable bonds is 5. The van der Waals surface area contributed by atoms with Crippen LogP contribution in [0, 0.1) is 13.8 Å². The summed E-state index contributed by atoms with van der Waals surface area (Å²) >= 11 is 3.22. The molecule has 2 N–H and O–H groups in total. The molecule has 0 saturated carbocycles. The molecular formula is C12H16BrNO3. The number of hydrogen-bond donors (Lipinski definition) is 2. The Hall–Kier alpha value is -0.910. The molecule has 94 valence electrons. The van der Waals surface area contributed by atoms with E-state index in [1.165, 1.54) is 0 Å². The lowest BCUT2D eigenvalue weighted by molar-refractivity contribution is -0.253. The molecule has 0 aromatic heterocycles. The molecule has 4 nitrogen and oxygen atoms in total. The molecule has 17 heavy (non-hydrogen) atoms. The van der Waals surface area contributed by atoms with Crippen molar-refractivity contribution in [2.45, 2.75) is 26.9 Å². The van der Waals surface area contributed by atoms with Crippen LogP contribution in [0.3, 0.4) is 0 Å². The molecule has 1 rings (SSSR count). The van der Waals surface area contributed by atoms with E-state index in [1.807, 2.05) is 26.0 Å². The number of alkyl halides is 1. The number of amides is 1. The number of hydrogen-bond acceptors (Lipinski definition) is 3. The van der Waals surface area contributed by atoms with Gasteiger partial charge in [0.15, 0.2) is 0 Å². The topological polar surface area (TPSA) is 58.6 Å². The maximum Gasteiger partial charge on any atom is 0.225 e. The Labute approximate surface area is 109 Å². The van der Waals surface area contributed by atoms with Gasteiger partial charge in [0.05, 0.1) is 0 Å². The van der Waals surface area contributed by atoms with Crippen molar-refractivity contribution in [2.75, 3.05) is 10.6 Å². The Kier molecular flexibility index (Phi) is 5.61. The van der Waals surface area contributed by atoms with E-state index in [4.69, 9.17) is 5.26 Å². The van der Waals surface area contributed by atoms with Crippen LogP contribution in [0.4, 0.5) is 5.69 Å². The minimum absolute atomic E-state index is 0.0180. The SMILES string of the molecule is Cc1cc(NC(=O)CCBr)c(C)cc1COO. The van der Waals surface area contributed by atoms with Gasteiger partial charge in [0.1, 0.15) is 6.61 Å². The number of halogens is 1. The van der Waals surface area contributed by atoms with Crippen LogP contribution < -0.4 is 5.32 Å². The monoisotopic (exact) mass is 301 g/mol. The molecule has 0 fully saturated rings. The summed E-state index contributed by atoms with van der Waals surface area (Å²) in [6.45, 7) is 3.97. The molecule has 1 aromatic carbocycles. The highest BCUT2D eigenvalue weighted by Crippen LogP contribution is 2.21. The Morgan fingerprint density at radius 3 is 2.71 bits per heavy atom. The maximum atomic E-state index is 11.5. The van der Waals surface area contributed by atoms with Gasteiger partial charge in [0.2, 0.25) is 5.91 Å². The van der Waals surface area contributed by atoms with Crippen LogP contribution in [0.5, 0.6) is 0 Å². The largest absolute Gasteiger partial charge is 0.326 e. The van der Waals surface area contributed by atoms with Crippen LogP contribution in [0.1, 0.15) is 23.1 Å². The highest BCUT2D eigenvalue weighted by atomic mass is 79.9. The number of carbonyl (C=O) groups excluding carboxylic acids is 1. The number of carbonyl (C=O) groups is 1. The van der Waals surface area contributed by atoms with E-state index in [1.54, 1.807) is 0 Å². The molecule has 1 aromatic rings. The van der Waals surface area contributed by atoms with E-state index in [-0.39, 0.29) is 12.5 Å². The highest BCUT2D eigenvalue weighted by molar-refractivity contribution is 9.09. The van der Waals surface area contributed by atoms with Crippen molar-refractivity contribution in [3.63, 3.8) is 0 Å². The molecule has 0 bridgehead atoms.